The summed E-state index contributed by atoms with van der Waals surface area (Å²) in [7, 11) is 0. The number of aromatic nitrogens is 2. The summed E-state index contributed by atoms with van der Waals surface area (Å²) in [5.41, 5.74) is -0.0799. The number of hydrogen-bond acceptors (Lipinski definition) is 4. The van der Waals surface area contributed by atoms with E-state index in [1.54, 1.807) is 10.8 Å². The Balaban J connectivity index is 2.18. The van der Waals surface area contributed by atoms with Gasteiger partial charge in [-0.1, -0.05) is 13.0 Å². The third-order valence-electron chi connectivity index (χ3n) is 2.63. The van der Waals surface area contributed by atoms with Gasteiger partial charge in [0.1, 0.15) is 0 Å². The van der Waals surface area contributed by atoms with Crippen molar-refractivity contribution >= 4 is 18.2 Å². The predicted octanol–water partition coefficient (Wildman–Crippen LogP) is 2.20. The van der Waals surface area contributed by atoms with Crippen molar-refractivity contribution in [2.45, 2.75) is 32.2 Å². The molecule has 0 aliphatic heterocycles. The van der Waals surface area contributed by atoms with Crippen molar-refractivity contribution in [1.82, 2.24) is 9.55 Å². The lowest BCUT2D eigenvalue weighted by Gasteiger charge is -2.05. The lowest BCUT2D eigenvalue weighted by molar-refractivity contribution is -0.137. The van der Waals surface area contributed by atoms with E-state index < -0.39 is 0 Å². The van der Waals surface area contributed by atoms with Crippen LogP contribution >= 0.6 is 12.2 Å². The summed E-state index contributed by atoms with van der Waals surface area (Å²) in [5.74, 6) is -0.387. The van der Waals surface area contributed by atoms with Gasteiger partial charge in [0.05, 0.1) is 6.61 Å². The van der Waals surface area contributed by atoms with Crippen LogP contribution in [0.3, 0.4) is 0 Å². The maximum Gasteiger partial charge on any atom is 0.330 e. The summed E-state index contributed by atoms with van der Waals surface area (Å²) in [5, 5.41) is 0. The van der Waals surface area contributed by atoms with Crippen LogP contribution in [0.4, 0.5) is 0 Å². The maximum absolute atomic E-state index is 11.5. The second-order valence-electron chi connectivity index (χ2n) is 4.06. The van der Waals surface area contributed by atoms with Gasteiger partial charge in [0.25, 0.3) is 5.56 Å². The SMILES string of the molecule is C=CC(=O)OCCCCCCn1c(=O)cc[nH]c1=S. The van der Waals surface area contributed by atoms with E-state index in [1.165, 1.54) is 6.07 Å². The van der Waals surface area contributed by atoms with Crippen LogP contribution < -0.4 is 5.56 Å². The summed E-state index contributed by atoms with van der Waals surface area (Å²) in [6.07, 6.45) is 6.30. The quantitative estimate of drug-likeness (QED) is 0.343. The Morgan fingerprint density at radius 2 is 2.16 bits per heavy atom. The van der Waals surface area contributed by atoms with Gasteiger partial charge in [-0.25, -0.2) is 4.79 Å². The molecule has 104 valence electrons. The highest BCUT2D eigenvalue weighted by atomic mass is 32.1. The lowest BCUT2D eigenvalue weighted by atomic mass is 10.2. The number of nitrogens with one attached hydrogen (secondary N) is 1. The molecule has 0 bridgehead atoms. The van der Waals surface area contributed by atoms with Crippen LogP contribution in [0.25, 0.3) is 0 Å². The fraction of sp³-hybridized carbons (Fsp3) is 0.462. The lowest BCUT2D eigenvalue weighted by Crippen LogP contribution is -2.20. The Hall–Kier alpha value is -1.69. The number of hydrogen-bond donors (Lipinski definition) is 1. The first-order valence-electron chi connectivity index (χ1n) is 6.23. The molecule has 0 aliphatic carbocycles. The molecule has 0 radical (unpaired) electrons. The predicted molar refractivity (Wildman–Crippen MR) is 75.5 cm³/mol. The second kappa shape index (κ2) is 8.42. The van der Waals surface area contributed by atoms with Crippen molar-refractivity contribution in [3.05, 3.63) is 40.0 Å². The van der Waals surface area contributed by atoms with E-state index in [-0.39, 0.29) is 11.5 Å². The van der Waals surface area contributed by atoms with E-state index in [0.29, 0.717) is 17.9 Å². The Bertz CT molecular complexity index is 505. The van der Waals surface area contributed by atoms with Crippen molar-refractivity contribution < 1.29 is 9.53 Å². The number of rotatable bonds is 8. The van der Waals surface area contributed by atoms with Gasteiger partial charge >= 0.3 is 5.97 Å². The van der Waals surface area contributed by atoms with E-state index in [4.69, 9.17) is 17.0 Å². The summed E-state index contributed by atoms with van der Waals surface area (Å²) in [6.45, 7) is 4.34. The van der Waals surface area contributed by atoms with E-state index in [2.05, 4.69) is 11.6 Å². The van der Waals surface area contributed by atoms with Gasteiger partial charge in [-0.15, -0.1) is 0 Å². The molecule has 6 heteroatoms. The number of nitrogens with zero attached hydrogens (tertiary/aromatic N) is 1. The van der Waals surface area contributed by atoms with Crippen molar-refractivity contribution in [2.75, 3.05) is 6.61 Å². The minimum absolute atomic E-state index is 0.0799. The Labute approximate surface area is 116 Å². The zero-order valence-corrected chi connectivity index (χ0v) is 11.6. The zero-order valence-electron chi connectivity index (χ0n) is 10.8. The van der Waals surface area contributed by atoms with Crippen LogP contribution in [0.15, 0.2) is 29.7 Å². The number of carbonyl (C=O) groups excluding carboxylic acids is 1. The zero-order chi connectivity index (χ0) is 14.1. The molecular formula is C13H18N2O3S. The fourth-order valence-electron chi connectivity index (χ4n) is 1.62. The average Bonchev–Trinajstić information content (AvgIpc) is 2.40. The molecule has 0 amide bonds. The van der Waals surface area contributed by atoms with Gasteiger partial charge in [0.2, 0.25) is 0 Å². The Morgan fingerprint density at radius 1 is 1.42 bits per heavy atom. The highest BCUT2D eigenvalue weighted by molar-refractivity contribution is 7.71. The van der Waals surface area contributed by atoms with Crippen LogP contribution in [0.2, 0.25) is 0 Å². The monoisotopic (exact) mass is 282 g/mol. The fourth-order valence-corrected chi connectivity index (χ4v) is 1.87. The molecular weight excluding hydrogens is 264 g/mol. The Morgan fingerprint density at radius 3 is 2.84 bits per heavy atom. The van der Waals surface area contributed by atoms with E-state index in [9.17, 15) is 9.59 Å². The minimum atomic E-state index is -0.387. The van der Waals surface area contributed by atoms with E-state index in [0.717, 1.165) is 31.8 Å². The molecule has 0 fully saturated rings. The number of H-pyrrole nitrogens is 1. The van der Waals surface area contributed by atoms with Crippen LogP contribution in [-0.2, 0) is 16.1 Å². The topological polar surface area (TPSA) is 64.1 Å². The molecule has 0 saturated carbocycles. The van der Waals surface area contributed by atoms with E-state index in [1.807, 2.05) is 0 Å². The number of aromatic amines is 1. The highest BCUT2D eigenvalue weighted by Gasteiger charge is 1.98. The molecule has 0 aliphatic rings. The molecule has 0 saturated heterocycles. The van der Waals surface area contributed by atoms with Gasteiger partial charge in [-0.3, -0.25) is 9.36 Å². The maximum atomic E-state index is 11.5. The largest absolute Gasteiger partial charge is 0.463 e. The van der Waals surface area contributed by atoms with Crippen molar-refractivity contribution in [3.8, 4) is 0 Å². The van der Waals surface area contributed by atoms with E-state index >= 15 is 0 Å². The van der Waals surface area contributed by atoms with Gasteiger partial charge in [0.15, 0.2) is 4.77 Å². The van der Waals surface area contributed by atoms with Crippen LogP contribution in [0, 0.1) is 4.77 Å². The summed E-state index contributed by atoms with van der Waals surface area (Å²) in [4.78, 5) is 25.1. The number of unbranched alkanes of at least 4 members (excludes halogenated alkanes) is 3. The van der Waals surface area contributed by atoms with Gasteiger partial charge < -0.3 is 9.72 Å². The first-order chi connectivity index (χ1) is 9.15. The first-order valence-corrected chi connectivity index (χ1v) is 6.63. The normalized spacial score (nSPS) is 10.1. The van der Waals surface area contributed by atoms with Crippen molar-refractivity contribution in [1.29, 1.82) is 0 Å². The third-order valence-corrected chi connectivity index (χ3v) is 2.97. The van der Waals surface area contributed by atoms with Gasteiger partial charge in [-0.05, 0) is 31.5 Å². The molecule has 0 atom stereocenters. The third kappa shape index (κ3) is 5.65. The molecule has 1 aromatic rings. The summed E-state index contributed by atoms with van der Waals surface area (Å²) in [6, 6.07) is 1.46. The summed E-state index contributed by atoms with van der Waals surface area (Å²) < 4.78 is 6.86. The van der Waals surface area contributed by atoms with Crippen LogP contribution in [0.1, 0.15) is 25.7 Å². The molecule has 19 heavy (non-hydrogen) atoms. The van der Waals surface area contributed by atoms with Gasteiger partial charge in [-0.2, -0.15) is 0 Å². The molecule has 1 heterocycles. The number of esters is 1. The molecule has 0 aromatic carbocycles. The number of ether oxygens (including phenoxy) is 1. The molecule has 5 nitrogen and oxygen atoms in total. The highest BCUT2D eigenvalue weighted by Crippen LogP contribution is 2.02. The number of carbonyl (C=O) groups is 1. The summed E-state index contributed by atoms with van der Waals surface area (Å²) >= 11 is 5.04. The smallest absolute Gasteiger partial charge is 0.330 e. The molecule has 0 spiro atoms. The minimum Gasteiger partial charge on any atom is -0.463 e. The molecule has 0 unspecified atom stereocenters. The van der Waals surface area contributed by atoms with Gasteiger partial charge in [0, 0.05) is 24.9 Å². The second-order valence-corrected chi connectivity index (χ2v) is 4.45. The van der Waals surface area contributed by atoms with Crippen molar-refractivity contribution in [2.24, 2.45) is 0 Å². The standard InChI is InChI=1S/C13H18N2O3S/c1-2-12(17)18-10-6-4-3-5-9-15-11(16)7-8-14-13(15)19/h2,7-8H,1,3-6,9-10H2,(H,14,19). The van der Waals surface area contributed by atoms with Crippen molar-refractivity contribution in [3.63, 3.8) is 0 Å². The average molecular weight is 282 g/mol. The van der Waals surface area contributed by atoms with Crippen LogP contribution in [0.5, 0.6) is 0 Å². The first kappa shape index (κ1) is 15.4. The molecule has 1 rings (SSSR count). The molecule has 1 N–H and O–H groups in total. The molecule has 1 aromatic heterocycles. The van der Waals surface area contributed by atoms with Crippen LogP contribution in [-0.4, -0.2) is 22.1 Å². The Kier molecular flexibility index (Phi) is 6.81.